The SMILES string of the molecule is Cc1ccc(C#Cc2cccc(Br)c2)cc1.N. The van der Waals surface area contributed by atoms with Crippen molar-refractivity contribution in [2.75, 3.05) is 0 Å². The fourth-order valence-electron chi connectivity index (χ4n) is 1.35. The quantitative estimate of drug-likeness (QED) is 0.720. The average Bonchev–Trinajstić information content (AvgIpc) is 2.28. The summed E-state index contributed by atoms with van der Waals surface area (Å²) in [7, 11) is 0. The Morgan fingerprint density at radius 3 is 2.18 bits per heavy atom. The number of aryl methyl sites for hydroxylation is 1. The summed E-state index contributed by atoms with van der Waals surface area (Å²) < 4.78 is 1.06. The summed E-state index contributed by atoms with van der Waals surface area (Å²) in [5, 5.41) is 0. The molecule has 3 N–H and O–H groups in total. The molecule has 0 bridgehead atoms. The highest BCUT2D eigenvalue weighted by molar-refractivity contribution is 9.10. The molecule has 0 atom stereocenters. The van der Waals surface area contributed by atoms with Crippen molar-refractivity contribution < 1.29 is 0 Å². The molecule has 86 valence electrons. The molecule has 17 heavy (non-hydrogen) atoms. The smallest absolute Gasteiger partial charge is 0.0260 e. The van der Waals surface area contributed by atoms with Crippen molar-refractivity contribution in [2.24, 2.45) is 0 Å². The molecule has 0 amide bonds. The summed E-state index contributed by atoms with van der Waals surface area (Å²) in [5.74, 6) is 6.29. The molecule has 1 nitrogen and oxygen atoms in total. The highest BCUT2D eigenvalue weighted by Crippen LogP contribution is 2.10. The summed E-state index contributed by atoms with van der Waals surface area (Å²) >= 11 is 3.43. The van der Waals surface area contributed by atoms with E-state index in [-0.39, 0.29) is 6.15 Å². The predicted octanol–water partition coefficient (Wildman–Crippen LogP) is 4.32. The zero-order valence-electron chi connectivity index (χ0n) is 9.70. The predicted molar refractivity (Wildman–Crippen MR) is 76.3 cm³/mol. The van der Waals surface area contributed by atoms with Crippen molar-refractivity contribution in [3.8, 4) is 11.8 Å². The molecular formula is C15H14BrN. The van der Waals surface area contributed by atoms with E-state index in [9.17, 15) is 0 Å². The Hall–Kier alpha value is -1.56. The highest BCUT2D eigenvalue weighted by atomic mass is 79.9. The summed E-state index contributed by atoms with van der Waals surface area (Å²) in [6, 6.07) is 16.2. The molecule has 2 heteroatoms. The molecule has 0 radical (unpaired) electrons. The van der Waals surface area contributed by atoms with E-state index in [1.165, 1.54) is 5.56 Å². The van der Waals surface area contributed by atoms with Crippen LogP contribution in [-0.4, -0.2) is 0 Å². The Kier molecular flexibility index (Phi) is 4.96. The van der Waals surface area contributed by atoms with Gasteiger partial charge in [0.15, 0.2) is 0 Å². The van der Waals surface area contributed by atoms with Crippen LogP contribution in [0, 0.1) is 18.8 Å². The third kappa shape index (κ3) is 4.07. The van der Waals surface area contributed by atoms with Gasteiger partial charge in [-0.15, -0.1) is 0 Å². The van der Waals surface area contributed by atoms with E-state index in [4.69, 9.17) is 0 Å². The Balaban J connectivity index is 0.00000144. The summed E-state index contributed by atoms with van der Waals surface area (Å²) in [6.45, 7) is 2.07. The van der Waals surface area contributed by atoms with Gasteiger partial charge in [0.1, 0.15) is 0 Å². The van der Waals surface area contributed by atoms with Crippen molar-refractivity contribution in [1.29, 1.82) is 0 Å². The third-order valence-corrected chi connectivity index (χ3v) is 2.72. The molecule has 0 aliphatic rings. The van der Waals surface area contributed by atoms with Gasteiger partial charge in [-0.05, 0) is 37.3 Å². The van der Waals surface area contributed by atoms with Crippen LogP contribution in [0.15, 0.2) is 53.0 Å². The average molecular weight is 288 g/mol. The topological polar surface area (TPSA) is 35.0 Å². The molecule has 2 aromatic carbocycles. The fraction of sp³-hybridized carbons (Fsp3) is 0.0667. The van der Waals surface area contributed by atoms with E-state index >= 15 is 0 Å². The summed E-state index contributed by atoms with van der Waals surface area (Å²) in [5.41, 5.74) is 3.33. The Morgan fingerprint density at radius 2 is 1.53 bits per heavy atom. The first-order valence-electron chi connectivity index (χ1n) is 5.08. The minimum absolute atomic E-state index is 0. The van der Waals surface area contributed by atoms with Gasteiger partial charge < -0.3 is 6.15 Å². The van der Waals surface area contributed by atoms with Gasteiger partial charge in [-0.3, -0.25) is 0 Å². The Labute approximate surface area is 111 Å². The van der Waals surface area contributed by atoms with Gasteiger partial charge in [-0.1, -0.05) is 51.5 Å². The molecule has 0 aliphatic heterocycles. The number of hydrogen-bond acceptors (Lipinski definition) is 1. The summed E-state index contributed by atoms with van der Waals surface area (Å²) in [4.78, 5) is 0. The maximum Gasteiger partial charge on any atom is 0.0260 e. The lowest BCUT2D eigenvalue weighted by Crippen LogP contribution is -1.77. The van der Waals surface area contributed by atoms with Crippen LogP contribution in [-0.2, 0) is 0 Å². The van der Waals surface area contributed by atoms with Gasteiger partial charge >= 0.3 is 0 Å². The van der Waals surface area contributed by atoms with E-state index < -0.39 is 0 Å². The zero-order valence-corrected chi connectivity index (χ0v) is 11.3. The highest BCUT2D eigenvalue weighted by Gasteiger charge is 1.89. The molecule has 0 saturated carbocycles. The van der Waals surface area contributed by atoms with Crippen LogP contribution in [0.2, 0.25) is 0 Å². The lowest BCUT2D eigenvalue weighted by molar-refractivity contribution is 1.46. The van der Waals surface area contributed by atoms with E-state index in [1.807, 2.05) is 36.4 Å². The molecule has 0 heterocycles. The molecule has 0 spiro atoms. The standard InChI is InChI=1S/C15H11Br.H3N/c1-12-5-7-13(8-6-12)9-10-14-3-2-4-15(16)11-14;/h2-8,11H,1H3;1H3. The minimum Gasteiger partial charge on any atom is -0.344 e. The molecule has 0 aromatic heterocycles. The second-order valence-corrected chi connectivity index (χ2v) is 4.54. The molecule has 0 saturated heterocycles. The van der Waals surface area contributed by atoms with Crippen molar-refractivity contribution in [3.63, 3.8) is 0 Å². The maximum absolute atomic E-state index is 3.43. The van der Waals surface area contributed by atoms with Gasteiger partial charge in [0.2, 0.25) is 0 Å². The first kappa shape index (κ1) is 13.5. The monoisotopic (exact) mass is 287 g/mol. The molecule has 0 fully saturated rings. The van der Waals surface area contributed by atoms with Crippen molar-refractivity contribution in [1.82, 2.24) is 6.15 Å². The van der Waals surface area contributed by atoms with Gasteiger partial charge in [0, 0.05) is 15.6 Å². The van der Waals surface area contributed by atoms with Gasteiger partial charge in [0.25, 0.3) is 0 Å². The van der Waals surface area contributed by atoms with Crippen LogP contribution in [0.3, 0.4) is 0 Å². The number of hydrogen-bond donors (Lipinski definition) is 1. The second kappa shape index (κ2) is 6.24. The van der Waals surface area contributed by atoms with Crippen LogP contribution >= 0.6 is 15.9 Å². The van der Waals surface area contributed by atoms with Gasteiger partial charge in [-0.25, -0.2) is 0 Å². The zero-order chi connectivity index (χ0) is 11.4. The second-order valence-electron chi connectivity index (χ2n) is 3.63. The van der Waals surface area contributed by atoms with E-state index in [0.717, 1.165) is 15.6 Å². The van der Waals surface area contributed by atoms with Crippen LogP contribution in [0.4, 0.5) is 0 Å². The van der Waals surface area contributed by atoms with Crippen molar-refractivity contribution >= 4 is 15.9 Å². The van der Waals surface area contributed by atoms with Gasteiger partial charge in [0.05, 0.1) is 0 Å². The molecule has 0 aliphatic carbocycles. The van der Waals surface area contributed by atoms with Crippen molar-refractivity contribution in [2.45, 2.75) is 6.92 Å². The number of benzene rings is 2. The van der Waals surface area contributed by atoms with Crippen molar-refractivity contribution in [3.05, 3.63) is 69.7 Å². The van der Waals surface area contributed by atoms with Crippen LogP contribution < -0.4 is 6.15 Å². The summed E-state index contributed by atoms with van der Waals surface area (Å²) in [6.07, 6.45) is 0. The first-order chi connectivity index (χ1) is 7.74. The lowest BCUT2D eigenvalue weighted by Gasteiger charge is -1.93. The first-order valence-corrected chi connectivity index (χ1v) is 5.87. The minimum atomic E-state index is 0. The number of rotatable bonds is 0. The van der Waals surface area contributed by atoms with Gasteiger partial charge in [-0.2, -0.15) is 0 Å². The third-order valence-electron chi connectivity index (χ3n) is 2.23. The maximum atomic E-state index is 3.43. The Morgan fingerprint density at radius 1 is 0.882 bits per heavy atom. The van der Waals surface area contributed by atoms with E-state index in [2.05, 4.69) is 46.8 Å². The lowest BCUT2D eigenvalue weighted by atomic mass is 10.1. The fourth-order valence-corrected chi connectivity index (χ4v) is 1.75. The number of halogens is 1. The molecule has 0 unspecified atom stereocenters. The van der Waals surface area contributed by atoms with E-state index in [1.54, 1.807) is 0 Å². The molecule has 2 rings (SSSR count). The largest absolute Gasteiger partial charge is 0.344 e. The Bertz CT molecular complexity index is 547. The van der Waals surface area contributed by atoms with Crippen LogP contribution in [0.25, 0.3) is 0 Å². The normalized spacial score (nSPS) is 8.82. The molecule has 2 aromatic rings. The van der Waals surface area contributed by atoms with Crippen LogP contribution in [0.1, 0.15) is 16.7 Å². The molecular weight excluding hydrogens is 274 g/mol. The van der Waals surface area contributed by atoms with Crippen LogP contribution in [0.5, 0.6) is 0 Å². The van der Waals surface area contributed by atoms with E-state index in [0.29, 0.717) is 0 Å².